The van der Waals surface area contributed by atoms with Crippen LogP contribution < -0.4 is 0 Å². The summed E-state index contributed by atoms with van der Waals surface area (Å²) in [4.78, 5) is 0. The number of halogens is 1. The summed E-state index contributed by atoms with van der Waals surface area (Å²) in [6, 6.07) is 3.23. The van der Waals surface area contributed by atoms with Gasteiger partial charge in [0.05, 0.1) is 15.5 Å². The lowest BCUT2D eigenvalue weighted by Crippen LogP contribution is -2.30. The molecular weight excluding hydrogens is 376 g/mol. The number of rotatable bonds is 3. The van der Waals surface area contributed by atoms with E-state index in [2.05, 4.69) is 21.1 Å². The largest absolute Gasteiger partial charge is 0.361 e. The zero-order valence-electron chi connectivity index (χ0n) is 11.7. The van der Waals surface area contributed by atoms with Crippen molar-refractivity contribution in [2.24, 2.45) is 0 Å². The van der Waals surface area contributed by atoms with Crippen molar-refractivity contribution < 1.29 is 12.9 Å². The Morgan fingerprint density at radius 1 is 1.43 bits per heavy atom. The maximum absolute atomic E-state index is 12.8. The molecule has 1 saturated heterocycles. The molecule has 2 aromatic heterocycles. The van der Waals surface area contributed by atoms with Gasteiger partial charge in [0.25, 0.3) is 10.0 Å². The molecule has 0 radical (unpaired) electrons. The van der Waals surface area contributed by atoms with Gasteiger partial charge in [-0.2, -0.15) is 4.31 Å². The van der Waals surface area contributed by atoms with Crippen molar-refractivity contribution >= 4 is 37.3 Å². The lowest BCUT2D eigenvalue weighted by Gasteiger charge is -2.23. The molecule has 1 atom stereocenters. The molecule has 0 aromatic carbocycles. The average Bonchev–Trinajstić information content (AvgIpc) is 3.11. The highest BCUT2D eigenvalue weighted by Crippen LogP contribution is 2.40. The molecule has 1 aliphatic rings. The predicted octanol–water partition coefficient (Wildman–Crippen LogP) is 3.64. The van der Waals surface area contributed by atoms with Crippen LogP contribution >= 0.6 is 27.3 Å². The lowest BCUT2D eigenvalue weighted by atomic mass is 10.0. The first-order valence-electron chi connectivity index (χ1n) is 6.61. The number of thiophene rings is 1. The van der Waals surface area contributed by atoms with E-state index in [0.717, 1.165) is 27.9 Å². The number of aryl methyl sites for hydroxylation is 2. The topological polar surface area (TPSA) is 63.4 Å². The van der Waals surface area contributed by atoms with Crippen molar-refractivity contribution in [2.45, 2.75) is 36.9 Å². The van der Waals surface area contributed by atoms with E-state index in [0.29, 0.717) is 16.5 Å². The fourth-order valence-electron chi connectivity index (χ4n) is 2.83. The van der Waals surface area contributed by atoms with Crippen molar-refractivity contribution in [3.05, 3.63) is 32.9 Å². The van der Waals surface area contributed by atoms with Gasteiger partial charge in [0.2, 0.25) is 0 Å². The van der Waals surface area contributed by atoms with Gasteiger partial charge in [-0.05, 0) is 54.8 Å². The standard InChI is InChI=1S/C13H15BrN2O3S2/c1-8-13(9(2)19-15-8)10-4-3-7-16(10)21(17,18)12-6-5-11(14)20-12/h5-6,10H,3-4,7H2,1-2H3. The van der Waals surface area contributed by atoms with Gasteiger partial charge in [-0.25, -0.2) is 8.42 Å². The Morgan fingerprint density at radius 2 is 2.19 bits per heavy atom. The first-order chi connectivity index (χ1) is 9.91. The number of hydrogen-bond acceptors (Lipinski definition) is 5. The predicted molar refractivity (Wildman–Crippen MR) is 83.9 cm³/mol. The Labute approximate surface area is 136 Å². The van der Waals surface area contributed by atoms with Crippen molar-refractivity contribution in [1.82, 2.24) is 9.46 Å². The molecule has 1 fully saturated rings. The summed E-state index contributed by atoms with van der Waals surface area (Å²) in [7, 11) is -3.47. The molecule has 2 aromatic rings. The Bertz CT molecular complexity index is 747. The molecule has 0 saturated carbocycles. The van der Waals surface area contributed by atoms with E-state index >= 15 is 0 Å². The van der Waals surface area contributed by atoms with E-state index in [9.17, 15) is 8.42 Å². The van der Waals surface area contributed by atoms with Crippen LogP contribution in [-0.2, 0) is 10.0 Å². The van der Waals surface area contributed by atoms with E-state index in [-0.39, 0.29) is 6.04 Å². The van der Waals surface area contributed by atoms with Crippen LogP contribution in [0.25, 0.3) is 0 Å². The van der Waals surface area contributed by atoms with Gasteiger partial charge in [-0.15, -0.1) is 11.3 Å². The molecule has 0 aliphatic carbocycles. The second kappa shape index (κ2) is 5.49. The minimum Gasteiger partial charge on any atom is -0.361 e. The Morgan fingerprint density at radius 3 is 2.76 bits per heavy atom. The maximum atomic E-state index is 12.8. The van der Waals surface area contributed by atoms with Crippen LogP contribution in [0.15, 0.2) is 24.7 Å². The quantitative estimate of drug-likeness (QED) is 0.802. The minimum absolute atomic E-state index is 0.179. The van der Waals surface area contributed by atoms with Gasteiger partial charge >= 0.3 is 0 Å². The first kappa shape index (κ1) is 15.2. The van der Waals surface area contributed by atoms with Crippen LogP contribution in [0.3, 0.4) is 0 Å². The van der Waals surface area contributed by atoms with E-state index < -0.39 is 10.0 Å². The molecule has 21 heavy (non-hydrogen) atoms. The summed E-state index contributed by atoms with van der Waals surface area (Å²) in [6.07, 6.45) is 1.65. The van der Waals surface area contributed by atoms with Gasteiger partial charge in [0, 0.05) is 12.1 Å². The molecule has 5 nitrogen and oxygen atoms in total. The summed E-state index contributed by atoms with van der Waals surface area (Å²) in [6.45, 7) is 4.23. The summed E-state index contributed by atoms with van der Waals surface area (Å²) in [5.41, 5.74) is 1.68. The van der Waals surface area contributed by atoms with E-state index in [1.807, 2.05) is 13.8 Å². The summed E-state index contributed by atoms with van der Waals surface area (Å²) in [5, 5.41) is 3.95. The third kappa shape index (κ3) is 2.58. The third-order valence-corrected chi connectivity index (χ3v) is 7.74. The maximum Gasteiger partial charge on any atom is 0.253 e. The normalized spacial score (nSPS) is 20.2. The number of aromatic nitrogens is 1. The summed E-state index contributed by atoms with van der Waals surface area (Å²) >= 11 is 4.56. The zero-order valence-corrected chi connectivity index (χ0v) is 14.9. The highest BCUT2D eigenvalue weighted by molar-refractivity contribution is 9.11. The van der Waals surface area contributed by atoms with Crippen LogP contribution in [0, 0.1) is 13.8 Å². The fraction of sp³-hybridized carbons (Fsp3) is 0.462. The highest BCUT2D eigenvalue weighted by Gasteiger charge is 2.39. The number of hydrogen-bond donors (Lipinski definition) is 0. The first-order valence-corrected chi connectivity index (χ1v) is 9.66. The van der Waals surface area contributed by atoms with Gasteiger partial charge in [-0.3, -0.25) is 0 Å². The van der Waals surface area contributed by atoms with Gasteiger partial charge in [0.15, 0.2) is 0 Å². The van der Waals surface area contributed by atoms with Crippen molar-refractivity contribution in [3.63, 3.8) is 0 Å². The van der Waals surface area contributed by atoms with Gasteiger partial charge in [-0.1, -0.05) is 5.16 Å². The fourth-order valence-corrected chi connectivity index (χ4v) is 6.64. The molecule has 0 N–H and O–H groups in total. The highest BCUT2D eigenvalue weighted by atomic mass is 79.9. The van der Waals surface area contributed by atoms with Gasteiger partial charge in [0.1, 0.15) is 9.97 Å². The number of nitrogens with zero attached hydrogens (tertiary/aromatic N) is 2. The average molecular weight is 391 g/mol. The lowest BCUT2D eigenvalue weighted by molar-refractivity contribution is 0.376. The van der Waals surface area contributed by atoms with Crippen molar-refractivity contribution in [1.29, 1.82) is 0 Å². The van der Waals surface area contributed by atoms with Crippen LogP contribution in [0.1, 0.15) is 35.9 Å². The summed E-state index contributed by atoms with van der Waals surface area (Å²) in [5.74, 6) is 0.701. The summed E-state index contributed by atoms with van der Waals surface area (Å²) < 4.78 is 33.6. The second-order valence-corrected chi connectivity index (χ2v) is 9.65. The van der Waals surface area contributed by atoms with Crippen LogP contribution in [0.2, 0.25) is 0 Å². The SMILES string of the molecule is Cc1noc(C)c1C1CCCN1S(=O)(=O)c1ccc(Br)s1. The van der Waals surface area contributed by atoms with E-state index in [4.69, 9.17) is 4.52 Å². The minimum atomic E-state index is -3.47. The molecule has 0 spiro atoms. The monoisotopic (exact) mass is 390 g/mol. The smallest absolute Gasteiger partial charge is 0.253 e. The Balaban J connectivity index is 2.02. The second-order valence-electron chi connectivity index (χ2n) is 5.07. The molecule has 1 unspecified atom stereocenters. The Hall–Kier alpha value is -0.700. The molecule has 114 valence electrons. The Kier molecular flexibility index (Phi) is 3.98. The molecular formula is C13H15BrN2O3S2. The molecule has 1 aliphatic heterocycles. The molecule has 0 amide bonds. The molecule has 3 rings (SSSR count). The van der Waals surface area contributed by atoms with E-state index in [1.54, 1.807) is 16.4 Å². The van der Waals surface area contributed by atoms with E-state index in [1.165, 1.54) is 11.3 Å². The van der Waals surface area contributed by atoms with Crippen LogP contribution in [0.4, 0.5) is 0 Å². The number of sulfonamides is 1. The third-order valence-electron chi connectivity index (χ3n) is 3.74. The van der Waals surface area contributed by atoms with Crippen molar-refractivity contribution in [2.75, 3.05) is 6.54 Å². The van der Waals surface area contributed by atoms with Crippen molar-refractivity contribution in [3.8, 4) is 0 Å². The molecule has 3 heterocycles. The van der Waals surface area contributed by atoms with Crippen LogP contribution in [0.5, 0.6) is 0 Å². The molecule has 0 bridgehead atoms. The van der Waals surface area contributed by atoms with Crippen LogP contribution in [-0.4, -0.2) is 24.4 Å². The molecule has 8 heteroatoms. The van der Waals surface area contributed by atoms with Gasteiger partial charge < -0.3 is 4.52 Å². The zero-order chi connectivity index (χ0) is 15.2.